The molecule has 0 heterocycles. The Kier molecular flexibility index (Phi) is 5.76. The molecule has 2 rings (SSSR count). The number of benzene rings is 2. The van der Waals surface area contributed by atoms with Crippen molar-refractivity contribution in [2.45, 2.75) is 6.54 Å². The molecule has 1 N–H and O–H groups in total. The van der Waals surface area contributed by atoms with Crippen molar-refractivity contribution < 1.29 is 13.2 Å². The number of amides is 1. The van der Waals surface area contributed by atoms with Crippen molar-refractivity contribution in [3.63, 3.8) is 0 Å². The summed E-state index contributed by atoms with van der Waals surface area (Å²) >= 11 is 0. The Morgan fingerprint density at radius 1 is 1.12 bits per heavy atom. The first-order valence-corrected chi connectivity index (χ1v) is 9.27. The minimum atomic E-state index is -3.41. The molecule has 1 amide bonds. The van der Waals surface area contributed by atoms with Gasteiger partial charge in [0.05, 0.1) is 18.5 Å². The number of nitrogens with zero attached hydrogens (tertiary/aromatic N) is 1. The van der Waals surface area contributed by atoms with E-state index >= 15 is 0 Å². The van der Waals surface area contributed by atoms with Crippen molar-refractivity contribution in [2.75, 3.05) is 17.1 Å². The average molecular weight is 344 g/mol. The minimum Gasteiger partial charge on any atom is -0.349 e. The van der Waals surface area contributed by atoms with Crippen LogP contribution in [0.4, 0.5) is 5.69 Å². The van der Waals surface area contributed by atoms with Gasteiger partial charge in [-0.05, 0) is 29.8 Å². The van der Waals surface area contributed by atoms with Crippen molar-refractivity contribution in [2.24, 2.45) is 0 Å². The van der Waals surface area contributed by atoms with E-state index in [1.54, 1.807) is 54.6 Å². The van der Waals surface area contributed by atoms with Crippen LogP contribution in [0.5, 0.6) is 0 Å². The van der Waals surface area contributed by atoms with Gasteiger partial charge in [-0.3, -0.25) is 9.10 Å². The van der Waals surface area contributed by atoms with Crippen molar-refractivity contribution in [1.82, 2.24) is 5.32 Å². The number of hydrogen-bond acceptors (Lipinski definition) is 3. The highest BCUT2D eigenvalue weighted by molar-refractivity contribution is 7.92. The molecule has 2 aromatic carbocycles. The zero-order valence-electron chi connectivity index (χ0n) is 13.5. The largest absolute Gasteiger partial charge is 0.349 e. The molecule has 0 fully saturated rings. The maximum atomic E-state index is 12.1. The predicted octanol–water partition coefficient (Wildman–Crippen LogP) is 2.57. The number of hydrogen-bond donors (Lipinski definition) is 1. The molecule has 0 unspecified atom stereocenters. The minimum absolute atomic E-state index is 0.190. The van der Waals surface area contributed by atoms with Gasteiger partial charge in [0.2, 0.25) is 10.0 Å². The number of rotatable bonds is 7. The SMILES string of the molecule is C=CCNC(=O)c1ccc(CN(c2ccccc2)S(C)(=O)=O)cc1. The van der Waals surface area contributed by atoms with Crippen LogP contribution in [0, 0.1) is 0 Å². The highest BCUT2D eigenvalue weighted by Gasteiger charge is 2.17. The van der Waals surface area contributed by atoms with Gasteiger partial charge < -0.3 is 5.32 Å². The van der Waals surface area contributed by atoms with E-state index < -0.39 is 10.0 Å². The van der Waals surface area contributed by atoms with E-state index in [4.69, 9.17) is 0 Å². The van der Waals surface area contributed by atoms with Crippen LogP contribution in [0.15, 0.2) is 67.3 Å². The van der Waals surface area contributed by atoms with Gasteiger partial charge in [0.25, 0.3) is 5.91 Å². The van der Waals surface area contributed by atoms with E-state index in [-0.39, 0.29) is 12.5 Å². The van der Waals surface area contributed by atoms with Crippen molar-refractivity contribution in [3.8, 4) is 0 Å². The summed E-state index contributed by atoms with van der Waals surface area (Å²) in [4.78, 5) is 11.9. The fourth-order valence-corrected chi connectivity index (χ4v) is 3.08. The molecule has 2 aromatic rings. The van der Waals surface area contributed by atoms with Gasteiger partial charge in [0.1, 0.15) is 0 Å². The van der Waals surface area contributed by atoms with Crippen LogP contribution in [0.25, 0.3) is 0 Å². The number of carbonyl (C=O) groups excluding carboxylic acids is 1. The highest BCUT2D eigenvalue weighted by atomic mass is 32.2. The van der Waals surface area contributed by atoms with E-state index in [1.165, 1.54) is 10.6 Å². The molecule has 0 saturated carbocycles. The van der Waals surface area contributed by atoms with E-state index in [1.807, 2.05) is 6.07 Å². The Morgan fingerprint density at radius 2 is 1.75 bits per heavy atom. The summed E-state index contributed by atoms with van der Waals surface area (Å²) in [6, 6.07) is 15.8. The van der Waals surface area contributed by atoms with Gasteiger partial charge in [0.15, 0.2) is 0 Å². The van der Waals surface area contributed by atoms with Crippen molar-refractivity contribution in [1.29, 1.82) is 0 Å². The summed E-state index contributed by atoms with van der Waals surface area (Å²) < 4.78 is 25.5. The first-order chi connectivity index (χ1) is 11.4. The number of carbonyl (C=O) groups is 1. The van der Waals surface area contributed by atoms with Crippen LogP contribution >= 0.6 is 0 Å². The molecule has 0 radical (unpaired) electrons. The lowest BCUT2D eigenvalue weighted by Crippen LogP contribution is -2.29. The summed E-state index contributed by atoms with van der Waals surface area (Å²) in [6.07, 6.45) is 2.78. The molecule has 24 heavy (non-hydrogen) atoms. The maximum absolute atomic E-state index is 12.1. The third-order valence-corrected chi connectivity index (χ3v) is 4.53. The molecule has 0 atom stereocenters. The topological polar surface area (TPSA) is 66.5 Å². The zero-order chi connectivity index (χ0) is 17.6. The van der Waals surface area contributed by atoms with Gasteiger partial charge in [0, 0.05) is 12.1 Å². The number of nitrogens with one attached hydrogen (secondary N) is 1. The Bertz CT molecular complexity index is 800. The third kappa shape index (κ3) is 4.70. The molecule has 6 heteroatoms. The first kappa shape index (κ1) is 17.7. The number of sulfonamides is 1. The van der Waals surface area contributed by atoms with Gasteiger partial charge in [-0.25, -0.2) is 8.42 Å². The molecule has 5 nitrogen and oxygen atoms in total. The summed E-state index contributed by atoms with van der Waals surface area (Å²) in [6.45, 7) is 4.15. The quantitative estimate of drug-likeness (QED) is 0.785. The highest BCUT2D eigenvalue weighted by Crippen LogP contribution is 2.20. The van der Waals surface area contributed by atoms with E-state index in [0.717, 1.165) is 5.56 Å². The molecular formula is C18H20N2O3S. The smallest absolute Gasteiger partial charge is 0.251 e. The molecule has 0 bridgehead atoms. The van der Waals surface area contributed by atoms with E-state index in [0.29, 0.717) is 17.8 Å². The van der Waals surface area contributed by atoms with Gasteiger partial charge in [-0.15, -0.1) is 6.58 Å². The Morgan fingerprint density at radius 3 is 2.29 bits per heavy atom. The molecule has 0 aliphatic rings. The standard InChI is InChI=1S/C18H20N2O3S/c1-3-13-19-18(21)16-11-9-15(10-12-16)14-20(24(2,22)23)17-7-5-4-6-8-17/h3-12H,1,13-14H2,2H3,(H,19,21). The van der Waals surface area contributed by atoms with Crippen LogP contribution in [-0.2, 0) is 16.6 Å². The lowest BCUT2D eigenvalue weighted by molar-refractivity contribution is 0.0958. The summed E-state index contributed by atoms with van der Waals surface area (Å²) in [5.74, 6) is -0.190. The second-order valence-corrected chi connectivity index (χ2v) is 7.21. The Hall–Kier alpha value is -2.60. The van der Waals surface area contributed by atoms with Crippen LogP contribution in [0.1, 0.15) is 15.9 Å². The summed E-state index contributed by atoms with van der Waals surface area (Å²) in [5, 5.41) is 2.70. The molecule has 126 valence electrons. The Labute approximate surface area is 142 Å². The lowest BCUT2D eigenvalue weighted by Gasteiger charge is -2.22. The van der Waals surface area contributed by atoms with Crippen molar-refractivity contribution >= 4 is 21.6 Å². The lowest BCUT2D eigenvalue weighted by atomic mass is 10.1. The van der Waals surface area contributed by atoms with Gasteiger partial charge in [-0.1, -0.05) is 36.4 Å². The third-order valence-electron chi connectivity index (χ3n) is 3.39. The zero-order valence-corrected chi connectivity index (χ0v) is 14.3. The molecule has 0 spiro atoms. The molecule has 0 saturated heterocycles. The second-order valence-electron chi connectivity index (χ2n) is 5.30. The van der Waals surface area contributed by atoms with Crippen LogP contribution in [-0.4, -0.2) is 27.1 Å². The van der Waals surface area contributed by atoms with Crippen LogP contribution in [0.3, 0.4) is 0 Å². The Balaban J connectivity index is 2.19. The summed E-state index contributed by atoms with van der Waals surface area (Å²) in [7, 11) is -3.41. The fraction of sp³-hybridized carbons (Fsp3) is 0.167. The summed E-state index contributed by atoms with van der Waals surface area (Å²) in [5.41, 5.74) is 1.92. The molecular weight excluding hydrogens is 324 g/mol. The number of para-hydroxylation sites is 1. The van der Waals surface area contributed by atoms with Gasteiger partial charge >= 0.3 is 0 Å². The van der Waals surface area contributed by atoms with E-state index in [2.05, 4.69) is 11.9 Å². The monoisotopic (exact) mass is 344 g/mol. The molecule has 0 aromatic heterocycles. The molecule has 0 aliphatic carbocycles. The van der Waals surface area contributed by atoms with Crippen LogP contribution < -0.4 is 9.62 Å². The van der Waals surface area contributed by atoms with Crippen LogP contribution in [0.2, 0.25) is 0 Å². The van der Waals surface area contributed by atoms with E-state index in [9.17, 15) is 13.2 Å². The maximum Gasteiger partial charge on any atom is 0.251 e. The average Bonchev–Trinajstić information content (AvgIpc) is 2.58. The molecule has 0 aliphatic heterocycles. The normalized spacial score (nSPS) is 10.9. The predicted molar refractivity (Wildman–Crippen MR) is 96.4 cm³/mol. The fourth-order valence-electron chi connectivity index (χ4n) is 2.19. The number of anilines is 1. The van der Waals surface area contributed by atoms with Crippen molar-refractivity contribution in [3.05, 3.63) is 78.4 Å². The first-order valence-electron chi connectivity index (χ1n) is 7.42. The van der Waals surface area contributed by atoms with Gasteiger partial charge in [-0.2, -0.15) is 0 Å². The second kappa shape index (κ2) is 7.79.